The zero-order valence-corrected chi connectivity index (χ0v) is 11.4. The molecule has 0 bridgehead atoms. The molecule has 1 aromatic heterocycles. The molecule has 1 rings (SSSR count). The van der Waals surface area contributed by atoms with E-state index in [1.807, 2.05) is 4.68 Å². The van der Waals surface area contributed by atoms with Gasteiger partial charge < -0.3 is 0 Å². The van der Waals surface area contributed by atoms with Gasteiger partial charge in [-0.2, -0.15) is 0 Å². The summed E-state index contributed by atoms with van der Waals surface area (Å²) in [5, 5.41) is 8.40. The van der Waals surface area contributed by atoms with Crippen molar-refractivity contribution in [2.75, 3.05) is 6.26 Å². The van der Waals surface area contributed by atoms with Crippen molar-refractivity contribution in [3.8, 4) is 0 Å². The van der Waals surface area contributed by atoms with Crippen LogP contribution in [0.25, 0.3) is 0 Å². The second-order valence-electron chi connectivity index (χ2n) is 5.54. The summed E-state index contributed by atoms with van der Waals surface area (Å²) in [6, 6.07) is 0. The van der Waals surface area contributed by atoms with Crippen molar-refractivity contribution in [3.63, 3.8) is 0 Å². The van der Waals surface area contributed by atoms with Gasteiger partial charge in [0, 0.05) is 0 Å². The summed E-state index contributed by atoms with van der Waals surface area (Å²) >= 11 is 1.77. The molecule has 1 aromatic rings. The summed E-state index contributed by atoms with van der Waals surface area (Å²) < 4.78 is 1.94. The van der Waals surface area contributed by atoms with Gasteiger partial charge >= 0.3 is 0 Å². The molecule has 0 unspecified atom stereocenters. The number of aromatic nitrogens is 3. The Morgan fingerprint density at radius 3 is 2.33 bits per heavy atom. The van der Waals surface area contributed by atoms with Gasteiger partial charge in [0.2, 0.25) is 0 Å². The largest absolute Gasteiger partial charge is 0.237 e. The summed E-state index contributed by atoms with van der Waals surface area (Å²) in [5.74, 6) is 0. The molecule has 3 nitrogen and oxygen atoms in total. The van der Waals surface area contributed by atoms with Gasteiger partial charge in [0.1, 0.15) is 4.87 Å². The SMILES string of the molecule is CSC(C)(C)n1cc(CC(C)(C)C)nn1. The molecule has 86 valence electrons. The van der Waals surface area contributed by atoms with Gasteiger partial charge in [-0.25, -0.2) is 4.68 Å². The van der Waals surface area contributed by atoms with Crippen molar-refractivity contribution >= 4 is 11.8 Å². The molecule has 15 heavy (non-hydrogen) atoms. The molecule has 0 aromatic carbocycles. The first-order chi connectivity index (χ1) is 6.74. The Hall–Kier alpha value is -0.510. The predicted molar refractivity (Wildman–Crippen MR) is 66.0 cm³/mol. The number of hydrogen-bond donors (Lipinski definition) is 0. The first kappa shape index (κ1) is 12.6. The molecule has 1 heterocycles. The summed E-state index contributed by atoms with van der Waals surface area (Å²) in [4.78, 5) is -0.0108. The Kier molecular flexibility index (Phi) is 3.48. The molecule has 0 aliphatic heterocycles. The Morgan fingerprint density at radius 2 is 1.87 bits per heavy atom. The van der Waals surface area contributed by atoms with Crippen molar-refractivity contribution in [2.24, 2.45) is 5.41 Å². The molecule has 0 spiro atoms. The second kappa shape index (κ2) is 4.16. The molecule has 0 saturated carbocycles. The van der Waals surface area contributed by atoms with Gasteiger partial charge in [0.25, 0.3) is 0 Å². The van der Waals surface area contributed by atoms with Crippen LogP contribution in [0.2, 0.25) is 0 Å². The smallest absolute Gasteiger partial charge is 0.104 e. The van der Waals surface area contributed by atoms with E-state index in [9.17, 15) is 0 Å². The van der Waals surface area contributed by atoms with Gasteiger partial charge in [-0.1, -0.05) is 26.0 Å². The molecule has 0 saturated heterocycles. The maximum Gasteiger partial charge on any atom is 0.104 e. The third-order valence-electron chi connectivity index (χ3n) is 2.30. The Labute approximate surface area is 96.6 Å². The minimum absolute atomic E-state index is 0.0108. The molecule has 0 amide bonds. The second-order valence-corrected chi connectivity index (χ2v) is 6.95. The van der Waals surface area contributed by atoms with Crippen LogP contribution in [0.15, 0.2) is 6.20 Å². The molecule has 0 atom stereocenters. The average Bonchev–Trinajstić information content (AvgIpc) is 2.50. The van der Waals surface area contributed by atoms with Gasteiger partial charge in [-0.05, 0) is 31.9 Å². The van der Waals surface area contributed by atoms with Crippen LogP contribution in [-0.4, -0.2) is 21.2 Å². The lowest BCUT2D eigenvalue weighted by molar-refractivity contribution is 0.406. The standard InChI is InChI=1S/C11H21N3S/c1-10(2,3)7-9-8-14(13-12-9)11(4,5)15-6/h8H,7H2,1-6H3. The van der Waals surface area contributed by atoms with E-state index >= 15 is 0 Å². The summed E-state index contributed by atoms with van der Waals surface area (Å²) in [7, 11) is 0. The zero-order valence-electron chi connectivity index (χ0n) is 10.5. The van der Waals surface area contributed by atoms with E-state index in [-0.39, 0.29) is 10.3 Å². The van der Waals surface area contributed by atoms with Crippen LogP contribution in [-0.2, 0) is 11.3 Å². The molecular weight excluding hydrogens is 206 g/mol. The molecule has 0 radical (unpaired) electrons. The van der Waals surface area contributed by atoms with Crippen molar-refractivity contribution < 1.29 is 0 Å². The molecule has 0 aliphatic carbocycles. The first-order valence-electron chi connectivity index (χ1n) is 5.21. The van der Waals surface area contributed by atoms with E-state index in [0.717, 1.165) is 12.1 Å². The molecular formula is C11H21N3S. The molecule has 0 aliphatic rings. The van der Waals surface area contributed by atoms with E-state index in [1.54, 1.807) is 11.8 Å². The van der Waals surface area contributed by atoms with Crippen molar-refractivity contribution in [1.82, 2.24) is 15.0 Å². The monoisotopic (exact) mass is 227 g/mol. The van der Waals surface area contributed by atoms with Crippen molar-refractivity contribution in [3.05, 3.63) is 11.9 Å². The third kappa shape index (κ3) is 3.52. The lowest BCUT2D eigenvalue weighted by Crippen LogP contribution is -2.22. The van der Waals surface area contributed by atoms with Crippen LogP contribution in [0.5, 0.6) is 0 Å². The van der Waals surface area contributed by atoms with E-state index in [4.69, 9.17) is 0 Å². The molecule has 4 heteroatoms. The first-order valence-corrected chi connectivity index (χ1v) is 6.44. The van der Waals surface area contributed by atoms with Gasteiger partial charge in [-0.3, -0.25) is 0 Å². The van der Waals surface area contributed by atoms with E-state index < -0.39 is 0 Å². The predicted octanol–water partition coefficient (Wildman–Crippen LogP) is 2.92. The van der Waals surface area contributed by atoms with Crippen LogP contribution in [0.3, 0.4) is 0 Å². The summed E-state index contributed by atoms with van der Waals surface area (Å²) in [6.45, 7) is 10.9. The minimum atomic E-state index is -0.0108. The Morgan fingerprint density at radius 1 is 1.27 bits per heavy atom. The highest BCUT2D eigenvalue weighted by Crippen LogP contribution is 2.27. The highest BCUT2D eigenvalue weighted by molar-refractivity contribution is 7.99. The van der Waals surface area contributed by atoms with Crippen molar-refractivity contribution in [2.45, 2.75) is 45.9 Å². The Bertz CT molecular complexity index is 323. The fourth-order valence-corrected chi connectivity index (χ4v) is 1.56. The van der Waals surface area contributed by atoms with E-state index in [2.05, 4.69) is 57.4 Å². The quantitative estimate of drug-likeness (QED) is 0.795. The fraction of sp³-hybridized carbons (Fsp3) is 0.818. The van der Waals surface area contributed by atoms with Gasteiger partial charge in [-0.15, -0.1) is 16.9 Å². The maximum absolute atomic E-state index is 4.22. The van der Waals surface area contributed by atoms with Crippen LogP contribution in [0.4, 0.5) is 0 Å². The lowest BCUT2D eigenvalue weighted by atomic mass is 9.91. The summed E-state index contributed by atoms with van der Waals surface area (Å²) in [5.41, 5.74) is 1.34. The zero-order chi connectivity index (χ0) is 11.7. The number of hydrogen-bond acceptors (Lipinski definition) is 3. The third-order valence-corrected chi connectivity index (χ3v) is 3.49. The molecule has 0 N–H and O–H groups in total. The van der Waals surface area contributed by atoms with Crippen LogP contribution < -0.4 is 0 Å². The normalized spacial score (nSPS) is 13.2. The van der Waals surface area contributed by atoms with Crippen molar-refractivity contribution in [1.29, 1.82) is 0 Å². The van der Waals surface area contributed by atoms with Gasteiger partial charge in [0.15, 0.2) is 0 Å². The lowest BCUT2D eigenvalue weighted by Gasteiger charge is -2.21. The van der Waals surface area contributed by atoms with Crippen LogP contribution in [0.1, 0.15) is 40.3 Å². The van der Waals surface area contributed by atoms with Gasteiger partial charge in [0.05, 0.1) is 11.9 Å². The van der Waals surface area contributed by atoms with Crippen LogP contribution >= 0.6 is 11.8 Å². The highest BCUT2D eigenvalue weighted by Gasteiger charge is 2.21. The van der Waals surface area contributed by atoms with E-state index in [0.29, 0.717) is 0 Å². The van der Waals surface area contributed by atoms with Crippen LogP contribution in [0, 0.1) is 5.41 Å². The highest BCUT2D eigenvalue weighted by atomic mass is 32.2. The number of nitrogens with zero attached hydrogens (tertiary/aromatic N) is 3. The van der Waals surface area contributed by atoms with E-state index in [1.165, 1.54) is 0 Å². The Balaban J connectivity index is 2.81. The maximum atomic E-state index is 4.22. The topological polar surface area (TPSA) is 30.7 Å². The number of thioether (sulfide) groups is 1. The minimum Gasteiger partial charge on any atom is -0.237 e. The average molecular weight is 227 g/mol. The number of rotatable bonds is 3. The molecule has 0 fully saturated rings. The summed E-state index contributed by atoms with van der Waals surface area (Å²) in [6.07, 6.45) is 5.12. The fourth-order valence-electron chi connectivity index (χ4n) is 1.28.